The summed E-state index contributed by atoms with van der Waals surface area (Å²) in [4.78, 5) is 6.86. The first-order valence-corrected chi connectivity index (χ1v) is 7.21. The van der Waals surface area contributed by atoms with Crippen LogP contribution in [-0.4, -0.2) is 23.0 Å². The van der Waals surface area contributed by atoms with Gasteiger partial charge in [-0.2, -0.15) is 0 Å². The molecule has 3 rings (SSSR count). The van der Waals surface area contributed by atoms with Crippen molar-refractivity contribution in [2.24, 2.45) is 5.73 Å². The van der Waals surface area contributed by atoms with E-state index in [9.17, 15) is 0 Å². The fraction of sp³-hybridized carbons (Fsp3) is 0.357. The highest BCUT2D eigenvalue weighted by molar-refractivity contribution is 7.07. The van der Waals surface area contributed by atoms with Gasteiger partial charge in [0.15, 0.2) is 0 Å². The second kappa shape index (κ2) is 5.18. The number of hydrogen-bond acceptors (Lipinski definition) is 4. The standard InChI is InChI=1S/C14H17N3S/c15-7-14(13-9-18-10-16-13)17-6-5-11-3-1-2-4-12(11)8-17/h1-4,9-10,14H,5-8,15H2. The summed E-state index contributed by atoms with van der Waals surface area (Å²) < 4.78 is 0. The molecule has 0 saturated carbocycles. The quantitative estimate of drug-likeness (QED) is 0.919. The fourth-order valence-corrected chi connectivity index (χ4v) is 3.23. The van der Waals surface area contributed by atoms with Crippen LogP contribution in [0.1, 0.15) is 22.9 Å². The fourth-order valence-electron chi connectivity index (χ4n) is 2.63. The van der Waals surface area contributed by atoms with E-state index in [4.69, 9.17) is 5.73 Å². The molecule has 3 nitrogen and oxygen atoms in total. The zero-order valence-electron chi connectivity index (χ0n) is 10.2. The minimum Gasteiger partial charge on any atom is -0.329 e. The molecule has 0 bridgehead atoms. The third-order valence-corrected chi connectivity index (χ3v) is 4.22. The lowest BCUT2D eigenvalue weighted by Gasteiger charge is -2.34. The highest BCUT2D eigenvalue weighted by Crippen LogP contribution is 2.26. The molecule has 1 aromatic carbocycles. The van der Waals surface area contributed by atoms with E-state index >= 15 is 0 Å². The smallest absolute Gasteiger partial charge is 0.0795 e. The Kier molecular flexibility index (Phi) is 3.41. The predicted molar refractivity (Wildman–Crippen MR) is 74.5 cm³/mol. The van der Waals surface area contributed by atoms with Gasteiger partial charge in [-0.05, 0) is 17.5 Å². The van der Waals surface area contributed by atoms with Crippen LogP contribution in [0.4, 0.5) is 0 Å². The normalized spacial score (nSPS) is 17.4. The molecule has 94 valence electrons. The number of hydrogen-bond donors (Lipinski definition) is 1. The van der Waals surface area contributed by atoms with Gasteiger partial charge in [-0.25, -0.2) is 4.98 Å². The number of benzene rings is 1. The second-order valence-electron chi connectivity index (χ2n) is 4.65. The maximum atomic E-state index is 5.94. The second-order valence-corrected chi connectivity index (χ2v) is 5.37. The average Bonchev–Trinajstić information content (AvgIpc) is 2.93. The van der Waals surface area contributed by atoms with Crippen LogP contribution in [0.5, 0.6) is 0 Å². The van der Waals surface area contributed by atoms with Gasteiger partial charge in [-0.1, -0.05) is 24.3 Å². The van der Waals surface area contributed by atoms with Crippen molar-refractivity contribution in [3.05, 3.63) is 52.0 Å². The Morgan fingerprint density at radius 3 is 2.89 bits per heavy atom. The molecule has 1 unspecified atom stereocenters. The SMILES string of the molecule is NCC(c1cscn1)N1CCc2ccccc2C1. The number of fused-ring (bicyclic) bond motifs is 1. The van der Waals surface area contributed by atoms with Crippen molar-refractivity contribution in [2.75, 3.05) is 13.1 Å². The molecule has 4 heteroatoms. The molecular formula is C14H17N3S. The van der Waals surface area contributed by atoms with Crippen LogP contribution in [-0.2, 0) is 13.0 Å². The van der Waals surface area contributed by atoms with E-state index in [1.807, 2.05) is 5.51 Å². The molecule has 2 aromatic rings. The van der Waals surface area contributed by atoms with Gasteiger partial charge in [0.05, 0.1) is 17.2 Å². The van der Waals surface area contributed by atoms with Crippen molar-refractivity contribution in [1.29, 1.82) is 0 Å². The average molecular weight is 259 g/mol. The Labute approximate surface area is 111 Å². The molecule has 0 saturated heterocycles. The summed E-state index contributed by atoms with van der Waals surface area (Å²) in [6.07, 6.45) is 1.11. The number of nitrogens with zero attached hydrogens (tertiary/aromatic N) is 2. The summed E-state index contributed by atoms with van der Waals surface area (Å²) >= 11 is 1.64. The predicted octanol–water partition coefficient (Wildman–Crippen LogP) is 2.20. The van der Waals surface area contributed by atoms with Gasteiger partial charge in [-0.3, -0.25) is 4.90 Å². The number of rotatable bonds is 3. The van der Waals surface area contributed by atoms with Crippen molar-refractivity contribution in [3.8, 4) is 0 Å². The van der Waals surface area contributed by atoms with Crippen molar-refractivity contribution in [2.45, 2.75) is 19.0 Å². The Morgan fingerprint density at radius 2 is 2.17 bits per heavy atom. The lowest BCUT2D eigenvalue weighted by molar-refractivity contribution is 0.181. The van der Waals surface area contributed by atoms with Gasteiger partial charge < -0.3 is 5.73 Å². The van der Waals surface area contributed by atoms with Crippen molar-refractivity contribution < 1.29 is 0 Å². The number of aromatic nitrogens is 1. The Morgan fingerprint density at radius 1 is 1.33 bits per heavy atom. The first kappa shape index (κ1) is 11.8. The van der Waals surface area contributed by atoms with Gasteiger partial charge in [0.25, 0.3) is 0 Å². The van der Waals surface area contributed by atoms with Crippen LogP contribution in [0.3, 0.4) is 0 Å². The van der Waals surface area contributed by atoms with E-state index in [0.717, 1.165) is 25.2 Å². The summed E-state index contributed by atoms with van der Waals surface area (Å²) in [5.41, 5.74) is 11.8. The number of thiazole rings is 1. The highest BCUT2D eigenvalue weighted by Gasteiger charge is 2.24. The molecule has 0 radical (unpaired) electrons. The maximum absolute atomic E-state index is 5.94. The molecule has 2 N–H and O–H groups in total. The lowest BCUT2D eigenvalue weighted by atomic mass is 9.98. The summed E-state index contributed by atoms with van der Waals surface area (Å²) in [5, 5.41) is 2.11. The number of nitrogens with two attached hydrogens (primary N) is 1. The third kappa shape index (κ3) is 2.19. The largest absolute Gasteiger partial charge is 0.329 e. The third-order valence-electron chi connectivity index (χ3n) is 3.62. The molecule has 1 aliphatic heterocycles. The summed E-state index contributed by atoms with van der Waals surface area (Å²) in [7, 11) is 0. The van der Waals surface area contributed by atoms with E-state index in [-0.39, 0.29) is 6.04 Å². The molecule has 0 amide bonds. The molecule has 0 spiro atoms. The monoisotopic (exact) mass is 259 g/mol. The van der Waals surface area contributed by atoms with Crippen molar-refractivity contribution in [3.63, 3.8) is 0 Å². The van der Waals surface area contributed by atoms with Gasteiger partial charge in [0.1, 0.15) is 0 Å². The van der Waals surface area contributed by atoms with Gasteiger partial charge in [-0.15, -0.1) is 11.3 Å². The summed E-state index contributed by atoms with van der Waals surface area (Å²) in [6.45, 7) is 2.68. The lowest BCUT2D eigenvalue weighted by Crippen LogP contribution is -2.37. The molecule has 1 aliphatic rings. The van der Waals surface area contributed by atoms with E-state index in [0.29, 0.717) is 6.54 Å². The summed E-state index contributed by atoms with van der Waals surface area (Å²) in [6, 6.07) is 8.94. The molecule has 0 fully saturated rings. The zero-order valence-corrected chi connectivity index (χ0v) is 11.1. The topological polar surface area (TPSA) is 42.1 Å². The van der Waals surface area contributed by atoms with Crippen LogP contribution in [0.25, 0.3) is 0 Å². The van der Waals surface area contributed by atoms with Gasteiger partial charge in [0.2, 0.25) is 0 Å². The van der Waals surface area contributed by atoms with E-state index in [1.165, 1.54) is 11.1 Å². The molecular weight excluding hydrogens is 242 g/mol. The first-order chi connectivity index (χ1) is 8.88. The van der Waals surface area contributed by atoms with Crippen LogP contribution < -0.4 is 5.73 Å². The molecule has 2 heterocycles. The van der Waals surface area contributed by atoms with Crippen molar-refractivity contribution in [1.82, 2.24) is 9.88 Å². The van der Waals surface area contributed by atoms with Gasteiger partial charge in [0, 0.05) is 25.0 Å². The minimum absolute atomic E-state index is 0.254. The van der Waals surface area contributed by atoms with Crippen LogP contribution >= 0.6 is 11.3 Å². The molecule has 1 atom stereocenters. The molecule has 0 aliphatic carbocycles. The van der Waals surface area contributed by atoms with E-state index < -0.39 is 0 Å². The van der Waals surface area contributed by atoms with Crippen LogP contribution in [0, 0.1) is 0 Å². The molecule has 1 aromatic heterocycles. The Hall–Kier alpha value is -1.23. The highest BCUT2D eigenvalue weighted by atomic mass is 32.1. The molecule has 18 heavy (non-hydrogen) atoms. The van der Waals surface area contributed by atoms with E-state index in [1.54, 1.807) is 11.3 Å². The maximum Gasteiger partial charge on any atom is 0.0795 e. The summed E-state index contributed by atoms with van der Waals surface area (Å²) in [5.74, 6) is 0. The van der Waals surface area contributed by atoms with Gasteiger partial charge >= 0.3 is 0 Å². The van der Waals surface area contributed by atoms with Crippen LogP contribution in [0.2, 0.25) is 0 Å². The first-order valence-electron chi connectivity index (χ1n) is 6.27. The Balaban J connectivity index is 1.82. The van der Waals surface area contributed by atoms with E-state index in [2.05, 4.69) is 39.5 Å². The van der Waals surface area contributed by atoms with Crippen LogP contribution in [0.15, 0.2) is 35.2 Å². The minimum atomic E-state index is 0.254. The zero-order chi connectivity index (χ0) is 12.4. The van der Waals surface area contributed by atoms with Crippen molar-refractivity contribution >= 4 is 11.3 Å². The Bertz CT molecular complexity index is 510.